The standard InChI is InChI=1S/C80H79F12N6O7PS3/c1-96-32-29-59(56(81)44-96)93-62-17-8-14-50-53(41-78(84,85)86)71(107-75(50)62)20-11-35-103-65-26-23-47(38-68(65)100-4)74(48-24-27-66(69(39-48)101-5)104-36-12-21-72-54(42-79(87,88)89)51-15-9-18-63(76(51)108-72)94-60-30-33-97(2)45-57(60)82)106(7,99)49-25-28-67(70(40-49)102-6)105-37-13-22-73-55(43-80(90,91)92)52-16-10-19-64(77(52)109-73)95-61-31-34-98(3)46-58(61)83/h8-10,14-19,23-28,38-40,56-61,74,93-95H,29-37,41-46H2,1-7H3. The molecule has 3 aliphatic rings. The Morgan fingerprint density at radius 3 is 1.07 bits per heavy atom. The number of likely N-dealkylation sites (tertiary alicyclic amines) is 3. The molecule has 9 aromatic rings. The largest absolute Gasteiger partial charge is 0.493 e. The van der Waals surface area contributed by atoms with E-state index < -0.39 is 87.2 Å². The quantitative estimate of drug-likeness (QED) is 0.0340. The summed E-state index contributed by atoms with van der Waals surface area (Å²) in [7, 11) is 5.78. The molecule has 3 N–H and O–H groups in total. The van der Waals surface area contributed by atoms with Crippen LogP contribution in [-0.2, 0) is 23.8 Å². The number of alkyl halides is 12. The number of fused-ring (bicyclic) bond motifs is 3. The van der Waals surface area contributed by atoms with Crippen LogP contribution in [0.2, 0.25) is 0 Å². The van der Waals surface area contributed by atoms with E-state index >= 15 is 17.7 Å². The van der Waals surface area contributed by atoms with Crippen LogP contribution >= 0.6 is 41.2 Å². The molecular formula is C80H79F12N6O7PS3. The van der Waals surface area contributed by atoms with Gasteiger partial charge in [0.25, 0.3) is 0 Å². The van der Waals surface area contributed by atoms with E-state index in [-0.39, 0.29) is 111 Å². The number of halogens is 12. The molecule has 3 saturated heterocycles. The van der Waals surface area contributed by atoms with E-state index in [2.05, 4.69) is 51.5 Å². The first-order chi connectivity index (χ1) is 51.9. The first-order valence-corrected chi connectivity index (χ1v) is 39.7. The molecule has 13 nitrogen and oxygen atoms in total. The van der Waals surface area contributed by atoms with Gasteiger partial charge in [-0.05, 0) is 152 Å². The van der Waals surface area contributed by atoms with Crippen LogP contribution in [0, 0.1) is 35.5 Å². The molecule has 0 aliphatic carbocycles. The lowest BCUT2D eigenvalue weighted by atomic mass is 10.0. The van der Waals surface area contributed by atoms with Gasteiger partial charge in [0.15, 0.2) is 34.5 Å². The maximum absolute atomic E-state index is 16.2. The topological polar surface area (TPSA) is 118 Å². The van der Waals surface area contributed by atoms with Gasteiger partial charge in [-0.25, -0.2) is 13.2 Å². The molecule has 0 bridgehead atoms. The average molecular weight is 1590 g/mol. The van der Waals surface area contributed by atoms with Crippen LogP contribution in [0.1, 0.15) is 67.4 Å². The predicted molar refractivity (Wildman–Crippen MR) is 409 cm³/mol. The highest BCUT2D eigenvalue weighted by Gasteiger charge is 2.39. The van der Waals surface area contributed by atoms with Gasteiger partial charge in [-0.3, -0.25) is 0 Å². The van der Waals surface area contributed by atoms with E-state index in [1.54, 1.807) is 104 Å². The zero-order chi connectivity index (χ0) is 77.7. The number of ether oxygens (including phenoxy) is 6. The number of thiophene rings is 3. The van der Waals surface area contributed by atoms with Crippen LogP contribution in [0.5, 0.6) is 34.5 Å². The highest BCUT2D eigenvalue weighted by atomic mass is 32.1. The minimum atomic E-state index is -4.59. The van der Waals surface area contributed by atoms with Crippen LogP contribution < -0.4 is 49.7 Å². The van der Waals surface area contributed by atoms with Crippen molar-refractivity contribution in [3.05, 3.63) is 152 Å². The van der Waals surface area contributed by atoms with E-state index in [0.717, 1.165) is 34.0 Å². The van der Waals surface area contributed by atoms with Crippen molar-refractivity contribution in [2.75, 3.05) is 124 Å². The molecule has 3 fully saturated rings. The number of nitrogens with zero attached hydrogens (tertiary/aromatic N) is 3. The number of methoxy groups -OCH3 is 3. The number of rotatable bonds is 22. The Labute approximate surface area is 635 Å². The Hall–Kier alpha value is -8.65. The van der Waals surface area contributed by atoms with Crippen molar-refractivity contribution < 1.29 is 85.7 Å². The fourth-order valence-electron chi connectivity index (χ4n) is 14.1. The lowest BCUT2D eigenvalue weighted by molar-refractivity contribution is -0.127. The van der Waals surface area contributed by atoms with Crippen molar-refractivity contribution in [3.63, 3.8) is 0 Å². The summed E-state index contributed by atoms with van der Waals surface area (Å²) in [5.74, 6) is 18.2. The second kappa shape index (κ2) is 33.9. The fraction of sp³-hybridized carbons (Fsp3) is 0.400. The van der Waals surface area contributed by atoms with E-state index in [0.29, 0.717) is 97.3 Å². The van der Waals surface area contributed by atoms with Gasteiger partial charge < -0.3 is 63.6 Å². The predicted octanol–water partition coefficient (Wildman–Crippen LogP) is 17.7. The highest BCUT2D eigenvalue weighted by molar-refractivity contribution is 7.71. The highest BCUT2D eigenvalue weighted by Crippen LogP contribution is 2.60. The van der Waals surface area contributed by atoms with Gasteiger partial charge in [0.05, 0.1) is 110 Å². The minimum absolute atomic E-state index is 0.0226. The number of hydrogen-bond acceptors (Lipinski definition) is 16. The normalized spacial score (nSPS) is 19.7. The molecule has 6 aromatic carbocycles. The first-order valence-electron chi connectivity index (χ1n) is 35.0. The van der Waals surface area contributed by atoms with Crippen molar-refractivity contribution in [1.82, 2.24) is 14.7 Å². The number of hydrogen-bond donors (Lipinski definition) is 3. The summed E-state index contributed by atoms with van der Waals surface area (Å²) >= 11 is 3.20. The third kappa shape index (κ3) is 19.2. The van der Waals surface area contributed by atoms with Crippen molar-refractivity contribution in [3.8, 4) is 70.0 Å². The van der Waals surface area contributed by atoms with Gasteiger partial charge in [-0.1, -0.05) is 84.1 Å². The monoisotopic (exact) mass is 1590 g/mol. The molecule has 3 aliphatic heterocycles. The SMILES string of the molecule is COc1cc(C(c2ccc(OCC#Cc3sc4c(NC5CCN(C)CC5F)cccc4c3CC(F)(F)F)c(OC)c2)P(C)(=O)c2ccc(OCC#Cc3sc4c(NC5CCN(C)CC5F)cccc4c3CC(F)(F)F)c(OC)c2)ccc1OCC#Cc1sc2c(NC3CCN(C)CC3F)cccc2c1CC(F)(F)F. The number of nitrogens with one attached hydrogen (secondary N) is 3. The lowest BCUT2D eigenvalue weighted by Crippen LogP contribution is -2.46. The summed E-state index contributed by atoms with van der Waals surface area (Å²) in [5, 5.41) is 11.1. The van der Waals surface area contributed by atoms with Crippen LogP contribution in [0.3, 0.4) is 0 Å². The van der Waals surface area contributed by atoms with Crippen molar-refractivity contribution >= 4 is 93.8 Å². The molecular weight excluding hydrogens is 1510 g/mol. The summed E-state index contributed by atoms with van der Waals surface area (Å²) < 4.78 is 228. The number of anilines is 3. The van der Waals surface area contributed by atoms with E-state index in [1.165, 1.54) is 33.5 Å². The third-order valence-electron chi connectivity index (χ3n) is 19.5. The van der Waals surface area contributed by atoms with Gasteiger partial charge in [-0.15, -0.1) is 34.0 Å². The van der Waals surface area contributed by atoms with Crippen LogP contribution in [0.4, 0.5) is 69.7 Å². The number of benzene rings is 6. The molecule has 3 aromatic heterocycles. The maximum atomic E-state index is 16.2. The molecule has 0 spiro atoms. The van der Waals surface area contributed by atoms with E-state index in [4.69, 9.17) is 28.4 Å². The molecule has 0 amide bonds. The lowest BCUT2D eigenvalue weighted by Gasteiger charge is -2.33. The minimum Gasteiger partial charge on any atom is -0.493 e. The first kappa shape index (κ1) is 79.9. The Bertz CT molecular complexity index is 4830. The second-order valence-corrected chi connectivity index (χ2v) is 33.5. The van der Waals surface area contributed by atoms with E-state index in [9.17, 15) is 39.5 Å². The van der Waals surface area contributed by atoms with Crippen LogP contribution in [-0.4, -0.2) is 178 Å². The smallest absolute Gasteiger partial charge is 0.393 e. The Kier molecular flexibility index (Phi) is 24.9. The molecule has 109 heavy (non-hydrogen) atoms. The van der Waals surface area contributed by atoms with Gasteiger partial charge >= 0.3 is 18.5 Å². The summed E-state index contributed by atoms with van der Waals surface area (Å²) in [6, 6.07) is 27.5. The Balaban J connectivity index is 0.835. The third-order valence-corrected chi connectivity index (χ3v) is 26.0. The molecule has 0 saturated carbocycles. The van der Waals surface area contributed by atoms with Gasteiger partial charge in [-0.2, -0.15) is 39.5 Å². The van der Waals surface area contributed by atoms with Gasteiger partial charge in [0.2, 0.25) is 0 Å². The molecule has 29 heteroatoms. The van der Waals surface area contributed by atoms with Gasteiger partial charge in [0.1, 0.15) is 45.5 Å². The zero-order valence-corrected chi connectivity index (χ0v) is 63.8. The van der Waals surface area contributed by atoms with Crippen molar-refractivity contribution in [2.24, 2.45) is 0 Å². The molecule has 7 unspecified atom stereocenters. The van der Waals surface area contributed by atoms with E-state index in [1.807, 2.05) is 35.8 Å². The Morgan fingerprint density at radius 2 is 0.771 bits per heavy atom. The van der Waals surface area contributed by atoms with Crippen LogP contribution in [0.25, 0.3) is 30.3 Å². The summed E-state index contributed by atoms with van der Waals surface area (Å²) in [4.78, 5) is 6.11. The van der Waals surface area contributed by atoms with Crippen molar-refractivity contribution in [1.29, 1.82) is 0 Å². The zero-order valence-electron chi connectivity index (χ0n) is 60.4. The number of piperidine rings is 3. The fourth-order valence-corrected chi connectivity index (χ4v) is 20.2. The van der Waals surface area contributed by atoms with Crippen molar-refractivity contribution in [2.45, 2.75) is 99.4 Å². The molecule has 12 rings (SSSR count). The summed E-state index contributed by atoms with van der Waals surface area (Å²) in [5.41, 5.74) is 1.25. The summed E-state index contributed by atoms with van der Waals surface area (Å²) in [6.45, 7) is 3.16. The Morgan fingerprint density at radius 1 is 0.459 bits per heavy atom. The average Bonchev–Trinajstić information content (AvgIpc) is 1.58. The molecule has 7 atom stereocenters. The molecule has 6 heterocycles. The maximum Gasteiger partial charge on any atom is 0.393 e. The van der Waals surface area contributed by atoms with Gasteiger partial charge in [0, 0.05) is 44.6 Å². The van der Waals surface area contributed by atoms with Crippen LogP contribution in [0.15, 0.2) is 109 Å². The second-order valence-electron chi connectivity index (χ2n) is 27.4. The summed E-state index contributed by atoms with van der Waals surface area (Å²) in [6.07, 6.45) is -19.7. The molecule has 0 radical (unpaired) electrons. The molecule has 578 valence electrons.